The number of nitrogens with one attached hydrogen (secondary N) is 3. The summed E-state index contributed by atoms with van der Waals surface area (Å²) in [6.45, 7) is 3.47. The van der Waals surface area contributed by atoms with Gasteiger partial charge < -0.3 is 29.1 Å². The van der Waals surface area contributed by atoms with Gasteiger partial charge in [-0.05, 0) is 60.9 Å². The smallest absolute Gasteiger partial charge is 0.221 e. The third-order valence-electron chi connectivity index (χ3n) is 7.67. The number of carbonyl (C=O) groups is 1. The number of piperidine rings is 1. The van der Waals surface area contributed by atoms with Crippen LogP contribution in [0.25, 0.3) is 21.9 Å². The summed E-state index contributed by atoms with van der Waals surface area (Å²) in [5, 5.41) is 13.2. The van der Waals surface area contributed by atoms with Gasteiger partial charge in [-0.25, -0.2) is 4.39 Å². The Morgan fingerprint density at radius 1 is 1.10 bits per heavy atom. The third kappa shape index (κ3) is 4.54. The molecule has 1 aliphatic heterocycles. The molecule has 9 heteroatoms. The van der Waals surface area contributed by atoms with Gasteiger partial charge in [0, 0.05) is 49.2 Å². The zero-order valence-corrected chi connectivity index (χ0v) is 22.0. The Hall–Kier alpha value is -4.53. The first-order chi connectivity index (χ1) is 18.9. The highest BCUT2D eigenvalue weighted by Gasteiger charge is 2.26. The van der Waals surface area contributed by atoms with E-state index in [9.17, 15) is 14.6 Å². The van der Waals surface area contributed by atoms with Crippen LogP contribution in [0.2, 0.25) is 0 Å². The van der Waals surface area contributed by atoms with Crippen LogP contribution in [0, 0.1) is 11.2 Å². The van der Waals surface area contributed by atoms with Gasteiger partial charge >= 0.3 is 0 Å². The second-order valence-electron chi connectivity index (χ2n) is 10.1. The first-order valence-electron chi connectivity index (χ1n) is 13.1. The van der Waals surface area contributed by atoms with E-state index in [1.807, 2.05) is 45.7 Å². The van der Waals surface area contributed by atoms with Crippen molar-refractivity contribution in [3.05, 3.63) is 83.9 Å². The van der Waals surface area contributed by atoms with E-state index in [0.717, 1.165) is 70.6 Å². The predicted molar refractivity (Wildman–Crippen MR) is 151 cm³/mol. The lowest BCUT2D eigenvalue weighted by atomic mass is 10.0. The number of hydrogen-bond donors (Lipinski definition) is 3. The number of nitrogens with zero attached hydrogens (tertiary/aromatic N) is 3. The van der Waals surface area contributed by atoms with E-state index < -0.39 is 0 Å². The monoisotopic (exact) mass is 526 g/mol. The van der Waals surface area contributed by atoms with Gasteiger partial charge in [0.2, 0.25) is 11.5 Å². The van der Waals surface area contributed by atoms with Crippen LogP contribution in [0.3, 0.4) is 0 Å². The van der Waals surface area contributed by atoms with Crippen molar-refractivity contribution in [2.75, 3.05) is 30.4 Å². The Labute approximate surface area is 225 Å². The molecule has 2 aromatic heterocycles. The topological polar surface area (TPSA) is 91.1 Å². The lowest BCUT2D eigenvalue weighted by Crippen LogP contribution is -2.38. The fraction of sp³-hybridized carbons (Fsp3) is 0.267. The molecular formula is C30H31FN6O2. The van der Waals surface area contributed by atoms with Gasteiger partial charge in [0.25, 0.3) is 0 Å². The number of anilines is 2. The van der Waals surface area contributed by atoms with E-state index in [2.05, 4.69) is 27.3 Å². The molecule has 0 saturated carbocycles. The maximum absolute atomic E-state index is 14.5. The van der Waals surface area contributed by atoms with Gasteiger partial charge in [-0.2, -0.15) is 0 Å². The van der Waals surface area contributed by atoms with Crippen molar-refractivity contribution >= 4 is 39.2 Å². The molecule has 0 aliphatic carbocycles. The van der Waals surface area contributed by atoms with Crippen molar-refractivity contribution in [1.82, 2.24) is 14.1 Å². The highest BCUT2D eigenvalue weighted by Crippen LogP contribution is 2.35. The number of ether oxygens (including phenoxy) is 1. The largest absolute Gasteiger partial charge is 0.497 e. The van der Waals surface area contributed by atoms with Crippen LogP contribution in [-0.2, 0) is 11.3 Å². The molecule has 3 N–H and O–H groups in total. The van der Waals surface area contributed by atoms with Crippen LogP contribution in [0.1, 0.15) is 31.4 Å². The minimum absolute atomic E-state index is 0.0391. The lowest BCUT2D eigenvalue weighted by Gasteiger charge is -2.35. The van der Waals surface area contributed by atoms with Gasteiger partial charge in [-0.1, -0.05) is 12.1 Å². The molecule has 8 nitrogen and oxygen atoms in total. The zero-order chi connectivity index (χ0) is 27.1. The van der Waals surface area contributed by atoms with Crippen molar-refractivity contribution in [3.63, 3.8) is 0 Å². The molecule has 0 unspecified atom stereocenters. The summed E-state index contributed by atoms with van der Waals surface area (Å²) in [5.74, 6) is 0.283. The van der Waals surface area contributed by atoms with E-state index in [0.29, 0.717) is 12.2 Å². The fourth-order valence-electron chi connectivity index (χ4n) is 5.82. The van der Waals surface area contributed by atoms with Crippen molar-refractivity contribution in [2.24, 2.45) is 0 Å². The van der Waals surface area contributed by atoms with Gasteiger partial charge in [-0.3, -0.25) is 10.2 Å². The SMILES string of the molecule is COc1ccc(NC(C)=O)c(N2CCC(n3c(=N)n(Cc4cccc5[nH]ccc45)c4ccc(F)cc43)CC2)c1. The standard InChI is InChI=1S/C30H31FN6O2/c1-19(38)34-26-8-7-23(39-2)17-28(26)35-14-11-22(12-15-35)37-29-16-21(31)6-9-27(29)36(30(37)32)18-20-4-3-5-25-24(20)10-13-33-25/h3-10,13,16-17,22,32-33H,11-12,14-15,18H2,1-2H3,(H,34,38). The molecule has 1 fully saturated rings. The molecule has 0 spiro atoms. The summed E-state index contributed by atoms with van der Waals surface area (Å²) in [7, 11) is 1.63. The number of aromatic nitrogens is 3. The summed E-state index contributed by atoms with van der Waals surface area (Å²) in [6, 6.07) is 18.7. The minimum atomic E-state index is -0.310. The number of benzene rings is 3. The summed E-state index contributed by atoms with van der Waals surface area (Å²) in [6.07, 6.45) is 3.47. The second-order valence-corrected chi connectivity index (χ2v) is 10.1. The predicted octanol–water partition coefficient (Wildman–Crippen LogP) is 5.40. The van der Waals surface area contributed by atoms with Gasteiger partial charge in [0.1, 0.15) is 11.6 Å². The molecule has 6 rings (SSSR count). The Balaban J connectivity index is 1.33. The van der Waals surface area contributed by atoms with E-state index in [4.69, 9.17) is 4.74 Å². The first-order valence-corrected chi connectivity index (χ1v) is 13.1. The number of fused-ring (bicyclic) bond motifs is 2. The number of aromatic amines is 1. The molecule has 1 amide bonds. The summed E-state index contributed by atoms with van der Waals surface area (Å²) in [4.78, 5) is 17.3. The first kappa shape index (κ1) is 24.8. The molecule has 0 bridgehead atoms. The number of imidazole rings is 1. The number of H-pyrrole nitrogens is 1. The summed E-state index contributed by atoms with van der Waals surface area (Å²) >= 11 is 0. The summed E-state index contributed by atoms with van der Waals surface area (Å²) < 4.78 is 23.9. The highest BCUT2D eigenvalue weighted by atomic mass is 19.1. The Morgan fingerprint density at radius 3 is 2.69 bits per heavy atom. The third-order valence-corrected chi connectivity index (χ3v) is 7.67. The quantitative estimate of drug-likeness (QED) is 0.277. The van der Waals surface area contributed by atoms with Crippen LogP contribution >= 0.6 is 0 Å². The Kier molecular flexibility index (Phi) is 6.34. The maximum Gasteiger partial charge on any atom is 0.221 e. The van der Waals surface area contributed by atoms with Crippen LogP contribution in [0.15, 0.2) is 66.9 Å². The molecule has 3 heterocycles. The minimum Gasteiger partial charge on any atom is -0.497 e. The van der Waals surface area contributed by atoms with Crippen LogP contribution in [0.5, 0.6) is 5.75 Å². The van der Waals surface area contributed by atoms with Crippen molar-refractivity contribution in [3.8, 4) is 5.75 Å². The Bertz CT molecular complexity index is 1740. The van der Waals surface area contributed by atoms with Gasteiger partial charge in [-0.15, -0.1) is 0 Å². The fourth-order valence-corrected chi connectivity index (χ4v) is 5.82. The molecule has 0 radical (unpaired) electrons. The van der Waals surface area contributed by atoms with E-state index in [1.165, 1.54) is 13.0 Å². The average molecular weight is 527 g/mol. The number of amides is 1. The number of methoxy groups -OCH3 is 1. The van der Waals surface area contributed by atoms with Gasteiger partial charge in [0.15, 0.2) is 0 Å². The molecule has 1 aliphatic rings. The normalized spacial score (nSPS) is 14.3. The molecule has 200 valence electrons. The summed E-state index contributed by atoms with van der Waals surface area (Å²) in [5.41, 5.74) is 5.76. The second kappa shape index (κ2) is 9.98. The molecule has 3 aromatic carbocycles. The number of hydrogen-bond acceptors (Lipinski definition) is 4. The zero-order valence-electron chi connectivity index (χ0n) is 22.0. The lowest BCUT2D eigenvalue weighted by molar-refractivity contribution is -0.114. The van der Waals surface area contributed by atoms with Gasteiger partial charge in [0.05, 0.1) is 36.1 Å². The van der Waals surface area contributed by atoms with E-state index in [-0.39, 0.29) is 17.8 Å². The molecule has 5 aromatic rings. The molecule has 1 saturated heterocycles. The van der Waals surface area contributed by atoms with Crippen molar-refractivity contribution in [2.45, 2.75) is 32.4 Å². The maximum atomic E-state index is 14.5. The average Bonchev–Trinajstić information content (AvgIpc) is 3.52. The molecule has 39 heavy (non-hydrogen) atoms. The van der Waals surface area contributed by atoms with Crippen molar-refractivity contribution < 1.29 is 13.9 Å². The Morgan fingerprint density at radius 2 is 1.92 bits per heavy atom. The van der Waals surface area contributed by atoms with Crippen molar-refractivity contribution in [1.29, 1.82) is 5.41 Å². The van der Waals surface area contributed by atoms with Crippen LogP contribution in [-0.4, -0.2) is 40.2 Å². The number of rotatable bonds is 6. The van der Waals surface area contributed by atoms with E-state index >= 15 is 0 Å². The van der Waals surface area contributed by atoms with Crippen LogP contribution in [0.4, 0.5) is 15.8 Å². The van der Waals surface area contributed by atoms with E-state index in [1.54, 1.807) is 19.2 Å². The number of carbonyl (C=O) groups excluding carboxylic acids is 1. The number of halogens is 1. The molecule has 0 atom stereocenters. The van der Waals surface area contributed by atoms with Crippen LogP contribution < -0.4 is 20.6 Å². The highest BCUT2D eigenvalue weighted by molar-refractivity contribution is 5.93. The molecular weight excluding hydrogens is 495 g/mol.